The summed E-state index contributed by atoms with van der Waals surface area (Å²) in [5, 5.41) is 13.1. The van der Waals surface area contributed by atoms with Crippen LogP contribution in [0.3, 0.4) is 0 Å². The minimum absolute atomic E-state index is 0.107. The van der Waals surface area contributed by atoms with Crippen LogP contribution in [0.5, 0.6) is 0 Å². The first-order valence-corrected chi connectivity index (χ1v) is 8.63. The smallest absolute Gasteiger partial charge is 0.0610 e. The maximum Gasteiger partial charge on any atom is 0.0610 e. The van der Waals surface area contributed by atoms with Gasteiger partial charge in [0.2, 0.25) is 0 Å². The number of hydrogen-bond acceptors (Lipinski definition) is 3. The topological polar surface area (TPSA) is 35.5 Å². The summed E-state index contributed by atoms with van der Waals surface area (Å²) in [6, 6.07) is 0. The van der Waals surface area contributed by atoms with Crippen LogP contribution in [0.25, 0.3) is 0 Å². The van der Waals surface area contributed by atoms with Gasteiger partial charge in [0.25, 0.3) is 0 Å². The molecule has 3 nitrogen and oxygen atoms in total. The van der Waals surface area contributed by atoms with Crippen LogP contribution in [0.1, 0.15) is 66.7 Å². The van der Waals surface area contributed by atoms with Crippen molar-refractivity contribution in [2.75, 3.05) is 32.8 Å². The molecule has 0 radical (unpaired) electrons. The van der Waals surface area contributed by atoms with Crippen molar-refractivity contribution in [2.24, 2.45) is 5.92 Å². The fourth-order valence-corrected chi connectivity index (χ4v) is 2.63. The zero-order valence-corrected chi connectivity index (χ0v) is 14.5. The Hall–Kier alpha value is -0.120. The zero-order chi connectivity index (χ0) is 15.4. The average molecular weight is 287 g/mol. The van der Waals surface area contributed by atoms with Crippen LogP contribution in [-0.4, -0.2) is 48.3 Å². The van der Waals surface area contributed by atoms with Crippen molar-refractivity contribution in [3.63, 3.8) is 0 Å². The Bertz CT molecular complexity index is 219. The van der Waals surface area contributed by atoms with Crippen molar-refractivity contribution >= 4 is 0 Å². The van der Waals surface area contributed by atoms with Crippen LogP contribution in [0, 0.1) is 5.92 Å². The number of nitrogens with one attached hydrogen (secondary N) is 1. The third kappa shape index (κ3) is 8.23. The normalized spacial score (nSPS) is 15.0. The molecule has 0 aromatic heterocycles. The fraction of sp³-hybridized carbons (Fsp3) is 1.00. The first kappa shape index (κ1) is 19.9. The van der Waals surface area contributed by atoms with Gasteiger partial charge in [-0.2, -0.15) is 0 Å². The molecule has 0 aliphatic carbocycles. The summed E-state index contributed by atoms with van der Waals surface area (Å²) in [6.07, 6.45) is 5.87. The maximum atomic E-state index is 9.58. The van der Waals surface area contributed by atoms with Gasteiger partial charge in [0.05, 0.1) is 6.61 Å². The highest BCUT2D eigenvalue weighted by Crippen LogP contribution is 2.14. The molecule has 0 bridgehead atoms. The molecule has 0 rings (SSSR count). The molecule has 0 aromatic rings. The van der Waals surface area contributed by atoms with Gasteiger partial charge in [-0.3, -0.25) is 0 Å². The first-order valence-electron chi connectivity index (χ1n) is 8.63. The van der Waals surface area contributed by atoms with Crippen LogP contribution in [-0.2, 0) is 0 Å². The van der Waals surface area contributed by atoms with Gasteiger partial charge in [-0.15, -0.1) is 0 Å². The van der Waals surface area contributed by atoms with Gasteiger partial charge in [0.1, 0.15) is 0 Å². The summed E-state index contributed by atoms with van der Waals surface area (Å²) < 4.78 is 0. The van der Waals surface area contributed by atoms with E-state index in [1.807, 2.05) is 0 Å². The average Bonchev–Trinajstić information content (AvgIpc) is 2.48. The van der Waals surface area contributed by atoms with Crippen molar-refractivity contribution in [1.29, 1.82) is 0 Å². The second kappa shape index (κ2) is 11.5. The molecule has 0 aliphatic rings. The lowest BCUT2D eigenvalue weighted by atomic mass is 9.96. The lowest BCUT2D eigenvalue weighted by molar-refractivity contribution is 0.154. The van der Waals surface area contributed by atoms with Crippen LogP contribution >= 0.6 is 0 Å². The highest BCUT2D eigenvalue weighted by atomic mass is 16.3. The second-order valence-electron chi connectivity index (χ2n) is 6.32. The lowest BCUT2D eigenvalue weighted by Crippen LogP contribution is -2.46. The van der Waals surface area contributed by atoms with Crippen LogP contribution in [0.2, 0.25) is 0 Å². The Morgan fingerprint density at radius 3 is 2.25 bits per heavy atom. The van der Waals surface area contributed by atoms with E-state index in [4.69, 9.17) is 0 Å². The molecule has 0 saturated carbocycles. The second-order valence-corrected chi connectivity index (χ2v) is 6.32. The van der Waals surface area contributed by atoms with Crippen molar-refractivity contribution in [1.82, 2.24) is 10.2 Å². The number of aliphatic hydroxyl groups excluding tert-OH is 1. The number of aliphatic hydroxyl groups is 1. The zero-order valence-electron chi connectivity index (χ0n) is 14.5. The Kier molecular flexibility index (Phi) is 11.5. The first-order chi connectivity index (χ1) is 9.55. The summed E-state index contributed by atoms with van der Waals surface area (Å²) in [4.78, 5) is 2.56. The Morgan fingerprint density at radius 2 is 1.80 bits per heavy atom. The Labute approximate surface area is 127 Å². The minimum Gasteiger partial charge on any atom is -0.394 e. The van der Waals surface area contributed by atoms with E-state index < -0.39 is 0 Å². The van der Waals surface area contributed by atoms with E-state index in [2.05, 4.69) is 44.8 Å². The minimum atomic E-state index is -0.107. The van der Waals surface area contributed by atoms with Gasteiger partial charge in [0, 0.05) is 12.1 Å². The third-order valence-corrected chi connectivity index (χ3v) is 4.47. The summed E-state index contributed by atoms with van der Waals surface area (Å²) in [7, 11) is 0. The SMILES string of the molecule is CCCNC(C)(CO)CCCN(CC)CC(CC)CC. The Balaban J connectivity index is 4.09. The van der Waals surface area contributed by atoms with E-state index in [9.17, 15) is 5.11 Å². The number of hydrogen-bond donors (Lipinski definition) is 2. The van der Waals surface area contributed by atoms with Gasteiger partial charge >= 0.3 is 0 Å². The van der Waals surface area contributed by atoms with E-state index in [1.54, 1.807) is 0 Å². The quantitative estimate of drug-likeness (QED) is 0.545. The molecule has 20 heavy (non-hydrogen) atoms. The van der Waals surface area contributed by atoms with Crippen LogP contribution in [0.15, 0.2) is 0 Å². The molecule has 0 fully saturated rings. The van der Waals surface area contributed by atoms with Crippen molar-refractivity contribution < 1.29 is 5.11 Å². The van der Waals surface area contributed by atoms with E-state index in [-0.39, 0.29) is 12.1 Å². The molecule has 0 heterocycles. The van der Waals surface area contributed by atoms with E-state index in [1.165, 1.54) is 19.4 Å². The molecule has 122 valence electrons. The third-order valence-electron chi connectivity index (χ3n) is 4.47. The summed E-state index contributed by atoms with van der Waals surface area (Å²) in [5.41, 5.74) is -0.107. The summed E-state index contributed by atoms with van der Waals surface area (Å²) in [6.45, 7) is 15.9. The summed E-state index contributed by atoms with van der Waals surface area (Å²) in [5.74, 6) is 0.831. The van der Waals surface area contributed by atoms with Crippen LogP contribution in [0.4, 0.5) is 0 Å². The maximum absolute atomic E-state index is 9.58. The molecule has 2 N–H and O–H groups in total. The Morgan fingerprint density at radius 1 is 1.15 bits per heavy atom. The fourth-order valence-electron chi connectivity index (χ4n) is 2.63. The molecule has 3 heteroatoms. The molecule has 1 atom stereocenters. The van der Waals surface area contributed by atoms with Gasteiger partial charge in [-0.25, -0.2) is 0 Å². The van der Waals surface area contributed by atoms with Gasteiger partial charge in [-0.1, -0.05) is 40.5 Å². The molecule has 1 unspecified atom stereocenters. The van der Waals surface area contributed by atoms with E-state index >= 15 is 0 Å². The lowest BCUT2D eigenvalue weighted by Gasteiger charge is -2.31. The van der Waals surface area contributed by atoms with Crippen LogP contribution < -0.4 is 5.32 Å². The van der Waals surface area contributed by atoms with Crippen molar-refractivity contribution in [3.8, 4) is 0 Å². The predicted molar refractivity (Wildman–Crippen MR) is 89.2 cm³/mol. The molecular weight excluding hydrogens is 248 g/mol. The highest BCUT2D eigenvalue weighted by molar-refractivity contribution is 4.82. The molecule has 0 amide bonds. The van der Waals surface area contributed by atoms with Crippen molar-refractivity contribution in [2.45, 2.75) is 72.3 Å². The van der Waals surface area contributed by atoms with Gasteiger partial charge in [0.15, 0.2) is 0 Å². The predicted octanol–water partition coefficient (Wildman–Crippen LogP) is 3.28. The monoisotopic (exact) mass is 286 g/mol. The molecule has 0 aromatic carbocycles. The highest BCUT2D eigenvalue weighted by Gasteiger charge is 2.22. The summed E-state index contributed by atoms with van der Waals surface area (Å²) >= 11 is 0. The van der Waals surface area contributed by atoms with Gasteiger partial charge < -0.3 is 15.3 Å². The molecular formula is C17H38N2O. The van der Waals surface area contributed by atoms with Gasteiger partial charge in [-0.05, 0) is 51.7 Å². The van der Waals surface area contributed by atoms with E-state index in [0.717, 1.165) is 44.8 Å². The number of rotatable bonds is 13. The standard InChI is InChI=1S/C17H38N2O/c1-6-12-18-17(5,15-20)11-10-13-19(9-4)14-16(7-2)8-3/h16,18,20H,6-15H2,1-5H3. The van der Waals surface area contributed by atoms with E-state index in [0.29, 0.717) is 0 Å². The molecule has 0 aliphatic heterocycles. The molecule has 0 spiro atoms. The number of nitrogens with zero attached hydrogens (tertiary/aromatic N) is 1. The molecule has 0 saturated heterocycles. The van der Waals surface area contributed by atoms with Crippen molar-refractivity contribution in [3.05, 3.63) is 0 Å². The largest absolute Gasteiger partial charge is 0.394 e.